The topological polar surface area (TPSA) is 38.8 Å². The van der Waals surface area contributed by atoms with E-state index < -0.39 is 6.10 Å². The number of methoxy groups -OCH3 is 1. The van der Waals surface area contributed by atoms with E-state index in [0.717, 1.165) is 27.8 Å². The van der Waals surface area contributed by atoms with Crippen LogP contribution in [0.5, 0.6) is 0 Å². The van der Waals surface area contributed by atoms with Crippen molar-refractivity contribution in [1.82, 2.24) is 0 Å². The van der Waals surface area contributed by atoms with Crippen molar-refractivity contribution < 1.29 is 14.3 Å². The first-order valence-corrected chi connectivity index (χ1v) is 9.22. The average Bonchev–Trinajstić information content (AvgIpc) is 3.47. The number of rotatable bonds is 4. The first-order valence-electron chi connectivity index (χ1n) is 8.46. The molecule has 136 valence electrons. The number of halogens is 2. The molecular formula is C22H16Cl2O3. The molecule has 2 unspecified atom stereocenters. The quantitative estimate of drug-likeness (QED) is 0.403. The fourth-order valence-corrected chi connectivity index (χ4v) is 3.86. The van der Waals surface area contributed by atoms with Gasteiger partial charge in [-0.25, -0.2) is 4.79 Å². The molecule has 3 aromatic rings. The normalized spacial score (nSPS) is 18.2. The van der Waals surface area contributed by atoms with Crippen LogP contribution >= 0.6 is 23.2 Å². The monoisotopic (exact) mass is 398 g/mol. The highest BCUT2D eigenvalue weighted by molar-refractivity contribution is 6.35. The number of epoxide rings is 1. The van der Waals surface area contributed by atoms with E-state index in [4.69, 9.17) is 32.7 Å². The van der Waals surface area contributed by atoms with Crippen molar-refractivity contribution in [3.8, 4) is 22.3 Å². The highest BCUT2D eigenvalue weighted by Crippen LogP contribution is 2.48. The molecule has 0 bridgehead atoms. The van der Waals surface area contributed by atoms with Crippen molar-refractivity contribution in [2.75, 3.05) is 7.11 Å². The zero-order valence-electron chi connectivity index (χ0n) is 14.5. The Labute approximate surface area is 167 Å². The highest BCUT2D eigenvalue weighted by atomic mass is 35.5. The maximum atomic E-state index is 12.0. The minimum Gasteiger partial charge on any atom is -0.467 e. The minimum atomic E-state index is -0.603. The zero-order valence-corrected chi connectivity index (χ0v) is 16.0. The molecule has 1 saturated heterocycles. The molecule has 0 aliphatic carbocycles. The molecule has 0 N–H and O–H groups in total. The SMILES string of the molecule is COC(=O)C1OC1c1c(-c2ccccc2)cccc1-c1cc(Cl)cc(Cl)c1. The second kappa shape index (κ2) is 7.35. The summed E-state index contributed by atoms with van der Waals surface area (Å²) in [5, 5.41) is 1.10. The predicted octanol–water partition coefficient (Wildman–Crippen LogP) is 5.94. The van der Waals surface area contributed by atoms with Gasteiger partial charge in [0.1, 0.15) is 6.10 Å². The smallest absolute Gasteiger partial charge is 0.338 e. The summed E-state index contributed by atoms with van der Waals surface area (Å²) in [6, 6.07) is 21.4. The summed E-state index contributed by atoms with van der Waals surface area (Å²) in [6.07, 6.45) is -0.977. The van der Waals surface area contributed by atoms with Gasteiger partial charge in [0.15, 0.2) is 6.10 Å². The molecule has 1 aliphatic rings. The first kappa shape index (κ1) is 18.1. The lowest BCUT2D eigenvalue weighted by Gasteiger charge is -2.15. The summed E-state index contributed by atoms with van der Waals surface area (Å²) in [5.41, 5.74) is 4.77. The van der Waals surface area contributed by atoms with Crippen LogP contribution < -0.4 is 0 Å². The summed E-state index contributed by atoms with van der Waals surface area (Å²) >= 11 is 12.4. The predicted molar refractivity (Wildman–Crippen MR) is 107 cm³/mol. The van der Waals surface area contributed by atoms with Crippen LogP contribution in [0.3, 0.4) is 0 Å². The van der Waals surface area contributed by atoms with E-state index in [1.807, 2.05) is 60.7 Å². The van der Waals surface area contributed by atoms with E-state index in [0.29, 0.717) is 10.0 Å². The van der Waals surface area contributed by atoms with E-state index in [9.17, 15) is 4.79 Å². The number of ether oxygens (including phenoxy) is 2. The molecule has 0 radical (unpaired) electrons. The van der Waals surface area contributed by atoms with Gasteiger partial charge in [0.2, 0.25) is 0 Å². The second-order valence-electron chi connectivity index (χ2n) is 6.29. The standard InChI is InChI=1S/C22H16Cl2O3/c1-26-22(25)21-20(27-21)19-17(13-6-3-2-4-7-13)8-5-9-18(19)14-10-15(23)12-16(24)11-14/h2-12,20-21H,1H3. The van der Waals surface area contributed by atoms with Crippen molar-refractivity contribution in [3.63, 3.8) is 0 Å². The fraction of sp³-hybridized carbons (Fsp3) is 0.136. The Morgan fingerprint density at radius 3 is 2.15 bits per heavy atom. The van der Waals surface area contributed by atoms with Gasteiger partial charge in [0, 0.05) is 10.0 Å². The molecule has 2 atom stereocenters. The van der Waals surface area contributed by atoms with Gasteiger partial charge in [-0.2, -0.15) is 0 Å². The van der Waals surface area contributed by atoms with Crippen LogP contribution in [-0.4, -0.2) is 19.2 Å². The van der Waals surface area contributed by atoms with Crippen LogP contribution in [0.4, 0.5) is 0 Å². The molecule has 0 aromatic heterocycles. The van der Waals surface area contributed by atoms with Crippen molar-refractivity contribution in [2.45, 2.75) is 12.2 Å². The van der Waals surface area contributed by atoms with Gasteiger partial charge in [0.05, 0.1) is 7.11 Å². The molecule has 1 aliphatic heterocycles. The maximum absolute atomic E-state index is 12.0. The van der Waals surface area contributed by atoms with Crippen LogP contribution in [0, 0.1) is 0 Å². The lowest BCUT2D eigenvalue weighted by Crippen LogP contribution is -2.10. The molecule has 0 saturated carbocycles. The number of hydrogen-bond donors (Lipinski definition) is 0. The van der Waals surface area contributed by atoms with E-state index in [1.54, 1.807) is 6.07 Å². The fourth-order valence-electron chi connectivity index (χ4n) is 3.33. The van der Waals surface area contributed by atoms with Gasteiger partial charge in [-0.05, 0) is 46.0 Å². The third-order valence-electron chi connectivity index (χ3n) is 4.57. The minimum absolute atomic E-state index is 0.374. The lowest BCUT2D eigenvalue weighted by molar-refractivity contribution is -0.142. The van der Waals surface area contributed by atoms with Gasteiger partial charge in [-0.15, -0.1) is 0 Å². The molecule has 0 spiro atoms. The first-order chi connectivity index (χ1) is 13.1. The van der Waals surface area contributed by atoms with Crippen LogP contribution in [0.2, 0.25) is 10.0 Å². The Kier molecular flexibility index (Phi) is 4.92. The summed E-state index contributed by atoms with van der Waals surface area (Å²) in [6.45, 7) is 0. The molecule has 1 heterocycles. The van der Waals surface area contributed by atoms with E-state index in [2.05, 4.69) is 0 Å². The van der Waals surface area contributed by atoms with Gasteiger partial charge in [-0.1, -0.05) is 71.7 Å². The third-order valence-corrected chi connectivity index (χ3v) is 5.01. The lowest BCUT2D eigenvalue weighted by atomic mass is 9.89. The largest absolute Gasteiger partial charge is 0.467 e. The summed E-state index contributed by atoms with van der Waals surface area (Å²) in [4.78, 5) is 12.0. The molecule has 0 amide bonds. The summed E-state index contributed by atoms with van der Waals surface area (Å²) in [5.74, 6) is -0.377. The van der Waals surface area contributed by atoms with E-state index in [1.165, 1.54) is 7.11 Å². The summed E-state index contributed by atoms with van der Waals surface area (Å²) < 4.78 is 10.5. The molecule has 3 aromatic carbocycles. The number of carbonyl (C=O) groups is 1. The average molecular weight is 399 g/mol. The summed E-state index contributed by atoms with van der Waals surface area (Å²) in [7, 11) is 1.36. The Morgan fingerprint density at radius 1 is 0.889 bits per heavy atom. The van der Waals surface area contributed by atoms with Crippen molar-refractivity contribution in [2.24, 2.45) is 0 Å². The molecule has 1 fully saturated rings. The maximum Gasteiger partial charge on any atom is 0.338 e. The second-order valence-corrected chi connectivity index (χ2v) is 7.16. The number of carbonyl (C=O) groups excluding carboxylic acids is 1. The highest BCUT2D eigenvalue weighted by Gasteiger charge is 2.49. The van der Waals surface area contributed by atoms with Gasteiger partial charge in [0.25, 0.3) is 0 Å². The van der Waals surface area contributed by atoms with Gasteiger partial charge in [-0.3, -0.25) is 0 Å². The van der Waals surface area contributed by atoms with E-state index in [-0.39, 0.29) is 12.1 Å². The van der Waals surface area contributed by atoms with Crippen LogP contribution in [0.1, 0.15) is 11.7 Å². The number of benzene rings is 3. The Morgan fingerprint density at radius 2 is 1.52 bits per heavy atom. The molecule has 3 nitrogen and oxygen atoms in total. The van der Waals surface area contributed by atoms with Crippen LogP contribution in [-0.2, 0) is 14.3 Å². The Balaban J connectivity index is 1.90. The Hall–Kier alpha value is -2.33. The van der Waals surface area contributed by atoms with Gasteiger partial charge < -0.3 is 9.47 Å². The molecule has 4 rings (SSSR count). The number of hydrogen-bond acceptors (Lipinski definition) is 3. The number of esters is 1. The molecular weight excluding hydrogens is 383 g/mol. The third kappa shape index (κ3) is 3.59. The zero-order chi connectivity index (χ0) is 19.0. The Bertz CT molecular complexity index is 981. The molecule has 27 heavy (non-hydrogen) atoms. The van der Waals surface area contributed by atoms with Crippen LogP contribution in [0.25, 0.3) is 22.3 Å². The molecule has 5 heteroatoms. The van der Waals surface area contributed by atoms with Gasteiger partial charge >= 0.3 is 5.97 Å². The van der Waals surface area contributed by atoms with Crippen LogP contribution in [0.15, 0.2) is 66.7 Å². The van der Waals surface area contributed by atoms with Crippen molar-refractivity contribution in [1.29, 1.82) is 0 Å². The van der Waals surface area contributed by atoms with Crippen molar-refractivity contribution >= 4 is 29.2 Å². The van der Waals surface area contributed by atoms with Crippen molar-refractivity contribution in [3.05, 3.63) is 82.3 Å². The van der Waals surface area contributed by atoms with E-state index >= 15 is 0 Å².